The maximum atomic E-state index is 11.8. The van der Waals surface area contributed by atoms with Crippen molar-refractivity contribution < 1.29 is 4.79 Å². The summed E-state index contributed by atoms with van der Waals surface area (Å²) in [6, 6.07) is 5.67. The lowest BCUT2D eigenvalue weighted by Gasteiger charge is -2.22. The predicted octanol–water partition coefficient (Wildman–Crippen LogP) is 2.12. The fourth-order valence-corrected chi connectivity index (χ4v) is 1.79. The normalized spacial score (nSPS) is 9.86. The Labute approximate surface area is 87.6 Å². The Morgan fingerprint density at radius 3 is 2.86 bits per heavy atom. The quantitative estimate of drug-likeness (QED) is 0.714. The molecule has 0 aliphatic heterocycles. The van der Waals surface area contributed by atoms with Gasteiger partial charge in [0, 0.05) is 6.04 Å². The first-order valence-electron chi connectivity index (χ1n) is 4.38. The van der Waals surface area contributed by atoms with E-state index in [2.05, 4.69) is 0 Å². The number of hydrogen-bond acceptors (Lipinski definition) is 3. The van der Waals surface area contributed by atoms with Gasteiger partial charge in [-0.15, -0.1) is 11.3 Å². The van der Waals surface area contributed by atoms with Gasteiger partial charge in [-0.25, -0.2) is 0 Å². The summed E-state index contributed by atoms with van der Waals surface area (Å²) >= 11 is 1.40. The Morgan fingerprint density at radius 1 is 1.71 bits per heavy atom. The molecule has 0 fully saturated rings. The molecule has 1 aromatic rings. The van der Waals surface area contributed by atoms with Crippen LogP contribution >= 0.6 is 11.3 Å². The zero-order valence-corrected chi connectivity index (χ0v) is 9.04. The maximum absolute atomic E-state index is 11.8. The number of thiophene rings is 1. The molecule has 0 aliphatic carbocycles. The molecular formula is C10H12N2OS. The number of hydrogen-bond donors (Lipinski definition) is 0. The highest BCUT2D eigenvalue weighted by atomic mass is 32.1. The van der Waals surface area contributed by atoms with Gasteiger partial charge in [0.2, 0.25) is 0 Å². The highest BCUT2D eigenvalue weighted by Crippen LogP contribution is 2.13. The van der Waals surface area contributed by atoms with Gasteiger partial charge in [0.25, 0.3) is 5.91 Å². The minimum Gasteiger partial charge on any atom is -0.322 e. The molecule has 0 radical (unpaired) electrons. The number of carbonyl (C=O) groups is 1. The van der Waals surface area contributed by atoms with Gasteiger partial charge in [-0.2, -0.15) is 5.26 Å². The molecule has 0 atom stereocenters. The van der Waals surface area contributed by atoms with Crippen molar-refractivity contribution in [2.45, 2.75) is 19.9 Å². The first-order chi connectivity index (χ1) is 6.66. The highest BCUT2D eigenvalue weighted by molar-refractivity contribution is 7.12. The zero-order chi connectivity index (χ0) is 10.6. The van der Waals surface area contributed by atoms with E-state index >= 15 is 0 Å². The molecule has 1 aromatic heterocycles. The molecule has 1 heterocycles. The third-order valence-electron chi connectivity index (χ3n) is 1.86. The van der Waals surface area contributed by atoms with Crippen molar-refractivity contribution in [1.29, 1.82) is 5.26 Å². The van der Waals surface area contributed by atoms with Gasteiger partial charge in [0.05, 0.1) is 10.9 Å². The van der Waals surface area contributed by atoms with Crippen LogP contribution in [-0.4, -0.2) is 23.4 Å². The summed E-state index contributed by atoms with van der Waals surface area (Å²) in [6.07, 6.45) is 0. The monoisotopic (exact) mass is 208 g/mol. The Bertz CT molecular complexity index is 338. The fraction of sp³-hybridized carbons (Fsp3) is 0.400. The molecule has 4 heteroatoms. The molecular weight excluding hydrogens is 196 g/mol. The van der Waals surface area contributed by atoms with Crippen LogP contribution in [0.1, 0.15) is 23.5 Å². The second kappa shape index (κ2) is 4.77. The topological polar surface area (TPSA) is 44.1 Å². The predicted molar refractivity (Wildman–Crippen MR) is 56.1 cm³/mol. The molecule has 0 bridgehead atoms. The Morgan fingerprint density at radius 2 is 2.43 bits per heavy atom. The summed E-state index contributed by atoms with van der Waals surface area (Å²) < 4.78 is 0. The van der Waals surface area contributed by atoms with Crippen molar-refractivity contribution in [1.82, 2.24) is 4.90 Å². The molecule has 14 heavy (non-hydrogen) atoms. The smallest absolute Gasteiger partial charge is 0.265 e. The van der Waals surface area contributed by atoms with Crippen molar-refractivity contribution in [2.24, 2.45) is 0 Å². The van der Waals surface area contributed by atoms with E-state index in [0.29, 0.717) is 4.88 Å². The van der Waals surface area contributed by atoms with Crippen LogP contribution in [0.3, 0.4) is 0 Å². The zero-order valence-electron chi connectivity index (χ0n) is 8.23. The van der Waals surface area contributed by atoms with E-state index < -0.39 is 0 Å². The number of nitriles is 1. The van der Waals surface area contributed by atoms with E-state index in [9.17, 15) is 4.79 Å². The molecule has 1 rings (SSSR count). The van der Waals surface area contributed by atoms with Crippen LogP contribution in [0.2, 0.25) is 0 Å². The van der Waals surface area contributed by atoms with E-state index in [4.69, 9.17) is 5.26 Å². The van der Waals surface area contributed by atoms with Crippen LogP contribution in [0.25, 0.3) is 0 Å². The Kier molecular flexibility index (Phi) is 3.66. The summed E-state index contributed by atoms with van der Waals surface area (Å²) in [5.74, 6) is -0.0587. The lowest BCUT2D eigenvalue weighted by Crippen LogP contribution is -2.36. The molecule has 0 aliphatic rings. The number of rotatable bonds is 3. The summed E-state index contributed by atoms with van der Waals surface area (Å²) in [7, 11) is 0. The second-order valence-corrected chi connectivity index (χ2v) is 4.11. The Hall–Kier alpha value is -1.34. The Balaban J connectivity index is 2.80. The third kappa shape index (κ3) is 2.33. The first-order valence-corrected chi connectivity index (χ1v) is 5.26. The van der Waals surface area contributed by atoms with Gasteiger partial charge in [0.15, 0.2) is 0 Å². The summed E-state index contributed by atoms with van der Waals surface area (Å²) in [5, 5.41) is 10.5. The minimum absolute atomic E-state index is 0.0587. The SMILES string of the molecule is CC(C)N(CC#N)C(=O)c1cccs1. The van der Waals surface area contributed by atoms with Gasteiger partial charge in [-0.1, -0.05) is 6.07 Å². The molecule has 0 unspecified atom stereocenters. The van der Waals surface area contributed by atoms with Gasteiger partial charge >= 0.3 is 0 Å². The van der Waals surface area contributed by atoms with E-state index in [1.165, 1.54) is 11.3 Å². The highest BCUT2D eigenvalue weighted by Gasteiger charge is 2.18. The van der Waals surface area contributed by atoms with Gasteiger partial charge in [-0.3, -0.25) is 4.79 Å². The van der Waals surface area contributed by atoms with Gasteiger partial charge in [0.1, 0.15) is 6.54 Å². The van der Waals surface area contributed by atoms with Crippen LogP contribution in [-0.2, 0) is 0 Å². The van der Waals surface area contributed by atoms with Crippen molar-refractivity contribution in [3.05, 3.63) is 22.4 Å². The lowest BCUT2D eigenvalue weighted by atomic mass is 10.3. The average Bonchev–Trinajstić information content (AvgIpc) is 2.65. The van der Waals surface area contributed by atoms with Crippen LogP contribution in [0.4, 0.5) is 0 Å². The van der Waals surface area contributed by atoms with Crippen LogP contribution in [0.15, 0.2) is 17.5 Å². The summed E-state index contributed by atoms with van der Waals surface area (Å²) in [6.45, 7) is 3.96. The molecule has 0 spiro atoms. The van der Waals surface area contributed by atoms with E-state index in [1.807, 2.05) is 31.4 Å². The minimum atomic E-state index is -0.0587. The maximum Gasteiger partial charge on any atom is 0.265 e. The van der Waals surface area contributed by atoms with Crippen molar-refractivity contribution in [2.75, 3.05) is 6.54 Å². The van der Waals surface area contributed by atoms with Crippen molar-refractivity contribution in [3.63, 3.8) is 0 Å². The molecule has 0 N–H and O–H groups in total. The first kappa shape index (κ1) is 10.7. The number of nitrogens with zero attached hydrogens (tertiary/aromatic N) is 2. The molecule has 0 aromatic carbocycles. The molecule has 0 saturated carbocycles. The van der Waals surface area contributed by atoms with Crippen LogP contribution in [0, 0.1) is 11.3 Å². The summed E-state index contributed by atoms with van der Waals surface area (Å²) in [5.41, 5.74) is 0. The standard InChI is InChI=1S/C10H12N2OS/c1-8(2)12(6-5-11)10(13)9-4-3-7-14-9/h3-4,7-8H,6H2,1-2H3. The summed E-state index contributed by atoms with van der Waals surface area (Å²) in [4.78, 5) is 14.1. The fourth-order valence-electron chi connectivity index (χ4n) is 1.11. The van der Waals surface area contributed by atoms with Crippen molar-refractivity contribution >= 4 is 17.2 Å². The van der Waals surface area contributed by atoms with Crippen molar-refractivity contribution in [3.8, 4) is 6.07 Å². The average molecular weight is 208 g/mol. The number of carbonyl (C=O) groups excluding carboxylic acids is 1. The molecule has 3 nitrogen and oxygen atoms in total. The van der Waals surface area contributed by atoms with E-state index in [-0.39, 0.29) is 18.5 Å². The van der Waals surface area contributed by atoms with E-state index in [0.717, 1.165) is 0 Å². The van der Waals surface area contributed by atoms with Gasteiger partial charge < -0.3 is 4.90 Å². The van der Waals surface area contributed by atoms with Crippen LogP contribution in [0.5, 0.6) is 0 Å². The number of amides is 1. The molecule has 1 amide bonds. The second-order valence-electron chi connectivity index (χ2n) is 3.16. The van der Waals surface area contributed by atoms with Gasteiger partial charge in [-0.05, 0) is 25.3 Å². The van der Waals surface area contributed by atoms with Crippen LogP contribution < -0.4 is 0 Å². The molecule has 0 saturated heterocycles. The molecule has 74 valence electrons. The third-order valence-corrected chi connectivity index (χ3v) is 2.72. The largest absolute Gasteiger partial charge is 0.322 e. The lowest BCUT2D eigenvalue weighted by molar-refractivity contribution is 0.0736. The van der Waals surface area contributed by atoms with E-state index in [1.54, 1.807) is 11.0 Å².